The maximum absolute atomic E-state index is 12.2. The van der Waals surface area contributed by atoms with E-state index in [0.717, 1.165) is 0 Å². The van der Waals surface area contributed by atoms with Crippen LogP contribution in [-0.2, 0) is 38.0 Å². The summed E-state index contributed by atoms with van der Waals surface area (Å²) in [6, 6.07) is 0. The van der Waals surface area contributed by atoms with Gasteiger partial charge in [-0.2, -0.15) is 0 Å². The SMILES string of the molecule is CCNC(=O)CCCCC(=O)NCCCO[C@@H]1OC(CO)[C@H](O)C(O[C@H]2OC(CO)[C@H](O)[C@H](O)C2O)[C@@H]1O[C@H]1C[C@@H](O)[C@H](O)C(C)O1. The molecule has 47 heavy (non-hydrogen) atoms. The number of aliphatic hydroxyl groups excluding tert-OH is 8. The second-order valence-corrected chi connectivity index (χ2v) is 11.9. The van der Waals surface area contributed by atoms with Crippen molar-refractivity contribution in [2.45, 2.75) is 138 Å². The van der Waals surface area contributed by atoms with Crippen LogP contribution in [0.4, 0.5) is 0 Å². The Morgan fingerprint density at radius 3 is 1.96 bits per heavy atom. The van der Waals surface area contributed by atoms with Gasteiger partial charge in [-0.15, -0.1) is 0 Å². The third kappa shape index (κ3) is 11.2. The maximum atomic E-state index is 12.2. The van der Waals surface area contributed by atoms with Crippen molar-refractivity contribution < 1.29 is 78.9 Å². The van der Waals surface area contributed by atoms with Gasteiger partial charge in [0, 0.05) is 32.4 Å². The molecule has 0 spiro atoms. The van der Waals surface area contributed by atoms with E-state index in [1.807, 2.05) is 6.92 Å². The summed E-state index contributed by atoms with van der Waals surface area (Å²) in [6.45, 7) is 2.70. The monoisotopic (exact) mass is 684 g/mol. The average molecular weight is 685 g/mol. The van der Waals surface area contributed by atoms with Crippen molar-refractivity contribution in [3.63, 3.8) is 0 Å². The Hall–Kier alpha value is -1.62. The predicted octanol–water partition coefficient (Wildman–Crippen LogP) is -4.29. The van der Waals surface area contributed by atoms with Gasteiger partial charge in [-0.1, -0.05) is 0 Å². The molecule has 0 aliphatic carbocycles. The second-order valence-electron chi connectivity index (χ2n) is 11.9. The zero-order valence-corrected chi connectivity index (χ0v) is 26.7. The molecule has 18 nitrogen and oxygen atoms in total. The molecule has 14 atom stereocenters. The number of unbranched alkanes of at least 4 members (excludes halogenated alkanes) is 1. The first-order chi connectivity index (χ1) is 22.4. The molecule has 0 bridgehead atoms. The standard InChI is InChI=1S/C29H52N2O16/c1-3-30-18(35)7-4-5-8-19(36)31-9-6-10-42-29-27(46-20-11-15(34)21(37)14(2)43-20)26(23(39)17(13-33)45-29)47-28-25(41)24(40)22(38)16(12-32)44-28/h14-17,20-29,32-34,37-41H,3-13H2,1-2H3,(H,30,35)(H,31,36)/t14?,15-,16?,17?,20+,21-,22+,23+,24+,25?,26?,27+,28-,29-/m1/s1. The van der Waals surface area contributed by atoms with Crippen LogP contribution < -0.4 is 10.6 Å². The Balaban J connectivity index is 1.66. The van der Waals surface area contributed by atoms with Crippen LogP contribution in [0.3, 0.4) is 0 Å². The summed E-state index contributed by atoms with van der Waals surface area (Å²) < 4.78 is 34.8. The van der Waals surface area contributed by atoms with Crippen molar-refractivity contribution in [1.82, 2.24) is 10.6 Å². The smallest absolute Gasteiger partial charge is 0.219 e. The molecule has 3 aliphatic rings. The van der Waals surface area contributed by atoms with E-state index in [1.165, 1.54) is 6.92 Å². The molecule has 10 N–H and O–H groups in total. The van der Waals surface area contributed by atoms with E-state index in [1.54, 1.807) is 0 Å². The number of hydrogen-bond acceptors (Lipinski definition) is 16. The Bertz CT molecular complexity index is 936. The fourth-order valence-corrected chi connectivity index (χ4v) is 5.54. The molecule has 3 fully saturated rings. The molecule has 0 saturated carbocycles. The van der Waals surface area contributed by atoms with Crippen LogP contribution in [0.2, 0.25) is 0 Å². The number of ether oxygens (including phenoxy) is 6. The van der Waals surface area contributed by atoms with Crippen molar-refractivity contribution in [2.75, 3.05) is 32.9 Å². The minimum absolute atomic E-state index is 0.00767. The molecule has 3 rings (SSSR count). The van der Waals surface area contributed by atoms with E-state index in [-0.39, 0.29) is 37.8 Å². The molecular formula is C29H52N2O16. The fraction of sp³-hybridized carbons (Fsp3) is 0.931. The number of carbonyl (C=O) groups is 2. The van der Waals surface area contributed by atoms with Crippen LogP contribution in [0.15, 0.2) is 0 Å². The lowest BCUT2D eigenvalue weighted by molar-refractivity contribution is -0.382. The van der Waals surface area contributed by atoms with Crippen molar-refractivity contribution in [3.05, 3.63) is 0 Å². The molecule has 5 unspecified atom stereocenters. The number of rotatable bonds is 17. The molecule has 3 aliphatic heterocycles. The van der Waals surface area contributed by atoms with Gasteiger partial charge < -0.3 is 79.9 Å². The summed E-state index contributed by atoms with van der Waals surface area (Å²) in [6.07, 6.45) is -18.0. The highest BCUT2D eigenvalue weighted by Crippen LogP contribution is 2.33. The van der Waals surface area contributed by atoms with Gasteiger partial charge >= 0.3 is 0 Å². The molecule has 3 saturated heterocycles. The van der Waals surface area contributed by atoms with Crippen LogP contribution in [0, 0.1) is 0 Å². The van der Waals surface area contributed by atoms with Crippen molar-refractivity contribution in [3.8, 4) is 0 Å². The highest BCUT2D eigenvalue weighted by Gasteiger charge is 2.53. The molecule has 2 amide bonds. The second kappa shape index (κ2) is 19.5. The third-order valence-electron chi connectivity index (χ3n) is 8.28. The Labute approximate surface area is 272 Å². The van der Waals surface area contributed by atoms with Crippen LogP contribution in [0.25, 0.3) is 0 Å². The van der Waals surface area contributed by atoms with Gasteiger partial charge in [0.2, 0.25) is 11.8 Å². The lowest BCUT2D eigenvalue weighted by Crippen LogP contribution is -2.66. The summed E-state index contributed by atoms with van der Waals surface area (Å²) in [5, 5.41) is 87.5. The lowest BCUT2D eigenvalue weighted by Gasteiger charge is -2.48. The summed E-state index contributed by atoms with van der Waals surface area (Å²) in [7, 11) is 0. The minimum Gasteiger partial charge on any atom is -0.394 e. The molecule has 3 heterocycles. The lowest BCUT2D eigenvalue weighted by atomic mass is 9.96. The summed E-state index contributed by atoms with van der Waals surface area (Å²) >= 11 is 0. The number of hydrogen-bond donors (Lipinski definition) is 10. The predicted molar refractivity (Wildman–Crippen MR) is 157 cm³/mol. The van der Waals surface area contributed by atoms with Crippen LogP contribution >= 0.6 is 0 Å². The molecular weight excluding hydrogens is 632 g/mol. The zero-order valence-electron chi connectivity index (χ0n) is 26.7. The van der Waals surface area contributed by atoms with E-state index in [0.29, 0.717) is 32.2 Å². The molecule has 0 aromatic carbocycles. The first kappa shape index (κ1) is 39.8. The first-order valence-electron chi connectivity index (χ1n) is 16.1. The van der Waals surface area contributed by atoms with E-state index in [2.05, 4.69) is 10.6 Å². The van der Waals surface area contributed by atoms with E-state index < -0.39 is 99.2 Å². The molecule has 0 aromatic heterocycles. The van der Waals surface area contributed by atoms with Gasteiger partial charge in [0.05, 0.1) is 32.0 Å². The number of carbonyl (C=O) groups excluding carboxylic acids is 2. The topological polar surface area (TPSA) is 275 Å². The Morgan fingerprint density at radius 2 is 1.34 bits per heavy atom. The van der Waals surface area contributed by atoms with Crippen molar-refractivity contribution in [2.24, 2.45) is 0 Å². The summed E-state index contributed by atoms with van der Waals surface area (Å²) in [4.78, 5) is 23.7. The van der Waals surface area contributed by atoms with Gasteiger partial charge in [-0.3, -0.25) is 9.59 Å². The average Bonchev–Trinajstić information content (AvgIpc) is 3.04. The van der Waals surface area contributed by atoms with Gasteiger partial charge in [0.15, 0.2) is 18.9 Å². The summed E-state index contributed by atoms with van der Waals surface area (Å²) in [5.41, 5.74) is 0. The van der Waals surface area contributed by atoms with Crippen LogP contribution in [-0.4, -0.2) is 172 Å². The maximum Gasteiger partial charge on any atom is 0.219 e. The molecule has 18 heteroatoms. The number of nitrogens with one attached hydrogen (secondary N) is 2. The van der Waals surface area contributed by atoms with E-state index in [9.17, 15) is 50.4 Å². The first-order valence-corrected chi connectivity index (χ1v) is 16.1. The van der Waals surface area contributed by atoms with Crippen molar-refractivity contribution in [1.29, 1.82) is 0 Å². The number of aliphatic hydroxyl groups is 8. The van der Waals surface area contributed by atoms with Gasteiger partial charge in [-0.25, -0.2) is 0 Å². The normalized spacial score (nSPS) is 39.4. The Kier molecular flexibility index (Phi) is 16.6. The van der Waals surface area contributed by atoms with Crippen LogP contribution in [0.5, 0.6) is 0 Å². The van der Waals surface area contributed by atoms with Gasteiger partial charge in [0.1, 0.15) is 54.9 Å². The highest BCUT2D eigenvalue weighted by atomic mass is 16.8. The van der Waals surface area contributed by atoms with E-state index >= 15 is 0 Å². The number of amides is 2. The molecule has 274 valence electrons. The van der Waals surface area contributed by atoms with Gasteiger partial charge in [0.25, 0.3) is 0 Å². The van der Waals surface area contributed by atoms with Crippen molar-refractivity contribution >= 4 is 11.8 Å². The van der Waals surface area contributed by atoms with E-state index in [4.69, 9.17) is 28.4 Å². The summed E-state index contributed by atoms with van der Waals surface area (Å²) in [5.74, 6) is -0.260. The highest BCUT2D eigenvalue weighted by molar-refractivity contribution is 5.77. The third-order valence-corrected chi connectivity index (χ3v) is 8.28. The fourth-order valence-electron chi connectivity index (χ4n) is 5.54. The zero-order chi connectivity index (χ0) is 34.7. The quantitative estimate of drug-likeness (QED) is 0.0649. The largest absolute Gasteiger partial charge is 0.394 e. The minimum atomic E-state index is -1.82. The van der Waals surface area contributed by atoms with Crippen LogP contribution in [0.1, 0.15) is 52.4 Å². The molecule has 0 aromatic rings. The molecule has 0 radical (unpaired) electrons. The Morgan fingerprint density at radius 1 is 0.723 bits per heavy atom. The van der Waals surface area contributed by atoms with Gasteiger partial charge in [-0.05, 0) is 33.1 Å².